The Balaban J connectivity index is 1.46. The van der Waals surface area contributed by atoms with Crippen LogP contribution >= 0.6 is 11.3 Å². The van der Waals surface area contributed by atoms with Gasteiger partial charge in [-0.3, -0.25) is 0 Å². The number of fused-ring (bicyclic) bond motifs is 2. The molecule has 1 aliphatic heterocycles. The summed E-state index contributed by atoms with van der Waals surface area (Å²) >= 11 is 1.82. The van der Waals surface area contributed by atoms with Gasteiger partial charge in [0.25, 0.3) is 0 Å². The van der Waals surface area contributed by atoms with E-state index in [1.54, 1.807) is 6.33 Å². The van der Waals surface area contributed by atoms with E-state index in [4.69, 9.17) is 0 Å². The van der Waals surface area contributed by atoms with E-state index in [1.165, 1.54) is 15.6 Å². The van der Waals surface area contributed by atoms with Crippen molar-refractivity contribution >= 4 is 21.4 Å². The van der Waals surface area contributed by atoms with Gasteiger partial charge in [-0.2, -0.15) is 5.10 Å². The van der Waals surface area contributed by atoms with Gasteiger partial charge >= 0.3 is 0 Å². The highest BCUT2D eigenvalue weighted by atomic mass is 32.1. The van der Waals surface area contributed by atoms with Crippen LogP contribution in [0.1, 0.15) is 17.8 Å². The van der Waals surface area contributed by atoms with Gasteiger partial charge in [0.15, 0.2) is 0 Å². The predicted molar refractivity (Wildman–Crippen MR) is 80.8 cm³/mol. The maximum atomic E-state index is 4.27. The molecule has 0 aliphatic carbocycles. The molecular formula is C15H16N4S. The summed E-state index contributed by atoms with van der Waals surface area (Å²) in [6.45, 7) is 1.86. The van der Waals surface area contributed by atoms with Crippen molar-refractivity contribution in [1.82, 2.24) is 20.1 Å². The summed E-state index contributed by atoms with van der Waals surface area (Å²) in [5.41, 5.74) is 1.40. The summed E-state index contributed by atoms with van der Waals surface area (Å²) < 4.78 is 3.39. The van der Waals surface area contributed by atoms with Crippen molar-refractivity contribution in [3.8, 4) is 0 Å². The first-order chi connectivity index (χ1) is 9.90. The average molecular weight is 284 g/mol. The van der Waals surface area contributed by atoms with E-state index < -0.39 is 0 Å². The lowest BCUT2D eigenvalue weighted by Gasteiger charge is -2.23. The Labute approximate surface area is 121 Å². The van der Waals surface area contributed by atoms with Crippen LogP contribution in [-0.2, 0) is 19.5 Å². The second-order valence-electron chi connectivity index (χ2n) is 5.23. The van der Waals surface area contributed by atoms with Gasteiger partial charge in [0.1, 0.15) is 12.2 Å². The van der Waals surface area contributed by atoms with E-state index in [1.807, 2.05) is 16.0 Å². The Morgan fingerprint density at radius 2 is 2.30 bits per heavy atom. The Morgan fingerprint density at radius 1 is 1.35 bits per heavy atom. The first-order valence-corrected chi connectivity index (χ1v) is 7.83. The molecule has 20 heavy (non-hydrogen) atoms. The normalized spacial score (nSPS) is 18.3. The van der Waals surface area contributed by atoms with Gasteiger partial charge in [-0.05, 0) is 28.8 Å². The van der Waals surface area contributed by atoms with Crippen LogP contribution in [-0.4, -0.2) is 20.8 Å². The monoisotopic (exact) mass is 284 g/mol. The molecule has 2 aromatic heterocycles. The van der Waals surface area contributed by atoms with Gasteiger partial charge in [-0.25, -0.2) is 9.67 Å². The molecule has 1 aromatic carbocycles. The van der Waals surface area contributed by atoms with E-state index >= 15 is 0 Å². The first-order valence-electron chi connectivity index (χ1n) is 6.95. The molecule has 0 radical (unpaired) electrons. The molecule has 4 rings (SSSR count). The molecule has 0 saturated carbocycles. The summed E-state index contributed by atoms with van der Waals surface area (Å²) in [5, 5.41) is 11.6. The van der Waals surface area contributed by atoms with Crippen LogP contribution in [0.25, 0.3) is 10.1 Å². The quantitative estimate of drug-likeness (QED) is 0.804. The average Bonchev–Trinajstić information content (AvgIpc) is 3.11. The van der Waals surface area contributed by atoms with Crippen LogP contribution in [0.5, 0.6) is 0 Å². The van der Waals surface area contributed by atoms with Gasteiger partial charge < -0.3 is 5.32 Å². The number of hydrogen-bond acceptors (Lipinski definition) is 4. The number of nitrogens with zero attached hydrogens (tertiary/aromatic N) is 3. The van der Waals surface area contributed by atoms with Crippen molar-refractivity contribution in [3.63, 3.8) is 0 Å². The van der Waals surface area contributed by atoms with Gasteiger partial charge in [-0.1, -0.05) is 18.2 Å². The second kappa shape index (κ2) is 5.00. The molecule has 1 aliphatic rings. The molecule has 0 unspecified atom stereocenters. The van der Waals surface area contributed by atoms with Crippen molar-refractivity contribution in [2.75, 3.05) is 0 Å². The molecule has 0 bridgehead atoms. The lowest BCUT2D eigenvalue weighted by molar-refractivity contribution is 0.358. The minimum atomic E-state index is 0.489. The summed E-state index contributed by atoms with van der Waals surface area (Å²) in [6.07, 6.45) is 3.81. The Morgan fingerprint density at radius 3 is 3.30 bits per heavy atom. The SMILES string of the molecule is c1ccc2c(CN[C@H]3CCc4ncnn4C3)csc2c1. The van der Waals surface area contributed by atoms with Crippen LogP contribution in [0.4, 0.5) is 0 Å². The summed E-state index contributed by atoms with van der Waals surface area (Å²) in [4.78, 5) is 4.27. The fourth-order valence-electron chi connectivity index (χ4n) is 2.83. The van der Waals surface area contributed by atoms with Crippen molar-refractivity contribution in [1.29, 1.82) is 0 Å². The van der Waals surface area contributed by atoms with Crippen LogP contribution in [0.15, 0.2) is 36.0 Å². The van der Waals surface area contributed by atoms with Crippen molar-refractivity contribution in [3.05, 3.63) is 47.4 Å². The third-order valence-electron chi connectivity index (χ3n) is 3.95. The zero-order valence-corrected chi connectivity index (χ0v) is 11.9. The molecule has 0 saturated heterocycles. The highest BCUT2D eigenvalue weighted by Crippen LogP contribution is 2.25. The lowest BCUT2D eigenvalue weighted by atomic mass is 10.1. The predicted octanol–water partition coefficient (Wildman–Crippen LogP) is 2.60. The number of aromatic nitrogens is 3. The fraction of sp³-hybridized carbons (Fsp3) is 0.333. The highest BCUT2D eigenvalue weighted by molar-refractivity contribution is 7.17. The largest absolute Gasteiger partial charge is 0.308 e. The van der Waals surface area contributed by atoms with E-state index in [-0.39, 0.29) is 0 Å². The number of benzene rings is 1. The Kier molecular flexibility index (Phi) is 3.01. The molecule has 1 N–H and O–H groups in total. The standard InChI is InChI=1S/C15H16N4S/c1-2-4-14-13(3-1)11(9-20-14)7-16-12-5-6-15-17-10-18-19(15)8-12/h1-4,9-10,12,16H,5-8H2/t12-/m0/s1. The molecule has 3 heterocycles. The number of hydrogen-bond donors (Lipinski definition) is 1. The van der Waals surface area contributed by atoms with E-state index in [0.29, 0.717) is 6.04 Å². The molecule has 4 nitrogen and oxygen atoms in total. The maximum absolute atomic E-state index is 4.27. The number of aryl methyl sites for hydroxylation is 1. The van der Waals surface area contributed by atoms with Crippen molar-refractivity contribution in [2.45, 2.75) is 32.0 Å². The molecule has 102 valence electrons. The Bertz CT molecular complexity index is 730. The minimum absolute atomic E-state index is 0.489. The smallest absolute Gasteiger partial charge is 0.138 e. The topological polar surface area (TPSA) is 42.7 Å². The highest BCUT2D eigenvalue weighted by Gasteiger charge is 2.19. The number of thiophene rings is 1. The van der Waals surface area contributed by atoms with Crippen molar-refractivity contribution in [2.24, 2.45) is 0 Å². The Hall–Kier alpha value is -1.72. The van der Waals surface area contributed by atoms with Crippen LogP contribution in [0.2, 0.25) is 0 Å². The second-order valence-corrected chi connectivity index (χ2v) is 6.14. The van der Waals surface area contributed by atoms with Crippen LogP contribution < -0.4 is 5.32 Å². The third-order valence-corrected chi connectivity index (χ3v) is 4.96. The first kappa shape index (κ1) is 12.1. The van der Waals surface area contributed by atoms with E-state index in [0.717, 1.165) is 31.8 Å². The maximum Gasteiger partial charge on any atom is 0.138 e. The molecule has 0 amide bonds. The minimum Gasteiger partial charge on any atom is -0.308 e. The number of rotatable bonds is 3. The molecule has 1 atom stereocenters. The van der Waals surface area contributed by atoms with Gasteiger partial charge in [0.2, 0.25) is 0 Å². The van der Waals surface area contributed by atoms with Crippen molar-refractivity contribution < 1.29 is 0 Å². The third kappa shape index (κ3) is 2.13. The van der Waals surface area contributed by atoms with Crippen LogP contribution in [0.3, 0.4) is 0 Å². The number of nitrogens with one attached hydrogen (secondary N) is 1. The fourth-order valence-corrected chi connectivity index (χ4v) is 3.79. The molecule has 0 spiro atoms. The summed E-state index contributed by atoms with van der Waals surface area (Å²) in [6, 6.07) is 9.10. The molecular weight excluding hydrogens is 268 g/mol. The van der Waals surface area contributed by atoms with Gasteiger partial charge in [0, 0.05) is 23.7 Å². The molecule has 0 fully saturated rings. The lowest BCUT2D eigenvalue weighted by Crippen LogP contribution is -2.37. The molecule has 5 heteroatoms. The van der Waals surface area contributed by atoms with Gasteiger partial charge in [-0.15, -0.1) is 11.3 Å². The van der Waals surface area contributed by atoms with E-state index in [9.17, 15) is 0 Å². The van der Waals surface area contributed by atoms with E-state index in [2.05, 4.69) is 45.0 Å². The zero-order chi connectivity index (χ0) is 13.4. The molecule has 3 aromatic rings. The van der Waals surface area contributed by atoms with Gasteiger partial charge in [0.05, 0.1) is 6.54 Å². The summed E-state index contributed by atoms with van der Waals surface area (Å²) in [5.74, 6) is 1.11. The van der Waals surface area contributed by atoms with Crippen LogP contribution in [0, 0.1) is 0 Å². The zero-order valence-electron chi connectivity index (χ0n) is 11.1. The summed E-state index contributed by atoms with van der Waals surface area (Å²) in [7, 11) is 0.